The molecule has 1 fully saturated rings. The topological polar surface area (TPSA) is 101 Å². The number of benzene rings is 1. The summed E-state index contributed by atoms with van der Waals surface area (Å²) in [5.74, 6) is 0.788. The molecule has 1 aliphatic rings. The van der Waals surface area contributed by atoms with E-state index in [9.17, 15) is 14.9 Å². The number of nitro benzene ring substituents is 1. The summed E-state index contributed by atoms with van der Waals surface area (Å²) in [6.07, 6.45) is 3.71. The van der Waals surface area contributed by atoms with E-state index >= 15 is 0 Å². The Balaban J connectivity index is 1.60. The number of rotatable bonds is 5. The first kappa shape index (κ1) is 15.7. The molecule has 0 aliphatic carbocycles. The predicted molar refractivity (Wildman–Crippen MR) is 88.3 cm³/mol. The number of nitrogens with zero attached hydrogens (tertiary/aromatic N) is 3. The van der Waals surface area contributed by atoms with E-state index in [2.05, 4.69) is 15.4 Å². The molecule has 0 saturated carbocycles. The maximum Gasteiger partial charge on any atom is 0.271 e. The molecule has 0 unspecified atom stereocenters. The third-order valence-electron chi connectivity index (χ3n) is 3.71. The van der Waals surface area contributed by atoms with E-state index < -0.39 is 10.8 Å². The van der Waals surface area contributed by atoms with Gasteiger partial charge in [0.15, 0.2) is 5.88 Å². The fraction of sp³-hybridized carbons (Fsp3) is 0.250. The van der Waals surface area contributed by atoms with Gasteiger partial charge in [0.1, 0.15) is 5.76 Å². The second-order valence-electron chi connectivity index (χ2n) is 5.38. The number of nitro groups is 1. The predicted octanol–water partition coefficient (Wildman–Crippen LogP) is 2.55. The Morgan fingerprint density at radius 3 is 2.83 bits per heavy atom. The molecule has 8 heteroatoms. The van der Waals surface area contributed by atoms with Gasteiger partial charge in [-0.2, -0.15) is 5.10 Å². The van der Waals surface area contributed by atoms with Gasteiger partial charge in [-0.15, -0.1) is 0 Å². The number of non-ortho nitro benzene ring substituents is 1. The first-order valence-corrected chi connectivity index (χ1v) is 7.56. The molecule has 0 spiro atoms. The summed E-state index contributed by atoms with van der Waals surface area (Å²) in [4.78, 5) is 24.3. The molecule has 3 rings (SSSR count). The first-order chi connectivity index (χ1) is 11.6. The van der Waals surface area contributed by atoms with Gasteiger partial charge in [-0.05, 0) is 25.0 Å². The summed E-state index contributed by atoms with van der Waals surface area (Å²) in [7, 11) is 0. The van der Waals surface area contributed by atoms with Crippen molar-refractivity contribution in [2.45, 2.75) is 12.8 Å². The molecule has 1 aliphatic heterocycles. The van der Waals surface area contributed by atoms with Crippen molar-refractivity contribution in [3.05, 3.63) is 57.8 Å². The SMILES string of the molecule is O=C(N/N=C\c1ccc(N2CCCC2)o1)c1cccc([N+](=O)[O-])c1. The summed E-state index contributed by atoms with van der Waals surface area (Å²) >= 11 is 0. The van der Waals surface area contributed by atoms with E-state index in [0.717, 1.165) is 31.8 Å². The zero-order valence-corrected chi connectivity index (χ0v) is 12.8. The number of amides is 1. The van der Waals surface area contributed by atoms with Crippen LogP contribution < -0.4 is 10.3 Å². The zero-order valence-electron chi connectivity index (χ0n) is 12.8. The zero-order chi connectivity index (χ0) is 16.9. The molecular formula is C16H16N4O4. The van der Waals surface area contributed by atoms with Crippen LogP contribution in [0.3, 0.4) is 0 Å². The fourth-order valence-corrected chi connectivity index (χ4v) is 2.50. The van der Waals surface area contributed by atoms with Crippen LogP contribution in [0, 0.1) is 10.1 Å². The van der Waals surface area contributed by atoms with Crippen molar-refractivity contribution in [2.75, 3.05) is 18.0 Å². The number of hydrogen-bond acceptors (Lipinski definition) is 6. The van der Waals surface area contributed by atoms with Crippen molar-refractivity contribution in [1.29, 1.82) is 0 Å². The Bertz CT molecular complexity index is 778. The highest BCUT2D eigenvalue weighted by Gasteiger charge is 2.15. The van der Waals surface area contributed by atoms with E-state index in [4.69, 9.17) is 4.42 Å². The standard InChI is InChI=1S/C16H16N4O4/c21-16(12-4-3-5-13(10-12)20(22)23)18-17-11-14-6-7-15(24-14)19-8-1-2-9-19/h3-7,10-11H,1-2,8-9H2,(H,18,21)/b17-11-. The lowest BCUT2D eigenvalue weighted by Crippen LogP contribution is -2.17. The maximum atomic E-state index is 11.9. The fourth-order valence-electron chi connectivity index (χ4n) is 2.50. The average molecular weight is 328 g/mol. The molecular weight excluding hydrogens is 312 g/mol. The van der Waals surface area contributed by atoms with Crippen LogP contribution in [0.2, 0.25) is 0 Å². The Hall–Kier alpha value is -3.16. The highest BCUT2D eigenvalue weighted by molar-refractivity contribution is 5.95. The molecule has 24 heavy (non-hydrogen) atoms. The van der Waals surface area contributed by atoms with E-state index in [1.807, 2.05) is 6.07 Å². The van der Waals surface area contributed by atoms with Crippen LogP contribution in [0.5, 0.6) is 0 Å². The van der Waals surface area contributed by atoms with Crippen molar-refractivity contribution in [2.24, 2.45) is 5.10 Å². The van der Waals surface area contributed by atoms with Crippen molar-refractivity contribution in [3.63, 3.8) is 0 Å². The summed E-state index contributed by atoms with van der Waals surface area (Å²) in [6.45, 7) is 1.96. The maximum absolute atomic E-state index is 11.9. The van der Waals surface area contributed by atoms with Crippen LogP contribution in [0.1, 0.15) is 29.0 Å². The minimum absolute atomic E-state index is 0.145. The molecule has 0 radical (unpaired) electrons. The van der Waals surface area contributed by atoms with Crippen LogP contribution in [-0.2, 0) is 0 Å². The van der Waals surface area contributed by atoms with E-state index in [1.165, 1.54) is 30.5 Å². The molecule has 1 aromatic heterocycles. The minimum atomic E-state index is -0.553. The molecule has 124 valence electrons. The molecule has 1 saturated heterocycles. The molecule has 2 heterocycles. The van der Waals surface area contributed by atoms with E-state index in [-0.39, 0.29) is 11.3 Å². The van der Waals surface area contributed by atoms with Gasteiger partial charge in [0.25, 0.3) is 11.6 Å². The van der Waals surface area contributed by atoms with Gasteiger partial charge in [-0.1, -0.05) is 6.07 Å². The molecule has 1 aromatic carbocycles. The molecule has 2 aromatic rings. The van der Waals surface area contributed by atoms with Crippen LogP contribution in [0.15, 0.2) is 45.9 Å². The van der Waals surface area contributed by atoms with Gasteiger partial charge < -0.3 is 9.32 Å². The summed E-state index contributed by atoms with van der Waals surface area (Å²) in [5.41, 5.74) is 2.35. The van der Waals surface area contributed by atoms with Gasteiger partial charge in [0, 0.05) is 36.9 Å². The number of hydrazone groups is 1. The largest absolute Gasteiger partial charge is 0.440 e. The highest BCUT2D eigenvalue weighted by atomic mass is 16.6. The first-order valence-electron chi connectivity index (χ1n) is 7.56. The molecule has 1 N–H and O–H groups in total. The van der Waals surface area contributed by atoms with Gasteiger partial charge in [-0.3, -0.25) is 14.9 Å². The van der Waals surface area contributed by atoms with Gasteiger partial charge in [0.2, 0.25) is 0 Å². The van der Waals surface area contributed by atoms with Crippen molar-refractivity contribution < 1.29 is 14.1 Å². The third-order valence-corrected chi connectivity index (χ3v) is 3.71. The molecule has 0 atom stereocenters. The Labute approximate surface area is 137 Å². The Kier molecular flexibility index (Phi) is 4.55. The third kappa shape index (κ3) is 3.60. The van der Waals surface area contributed by atoms with Gasteiger partial charge in [-0.25, -0.2) is 5.43 Å². The number of furan rings is 1. The van der Waals surface area contributed by atoms with E-state index in [1.54, 1.807) is 6.07 Å². The molecule has 0 bridgehead atoms. The Morgan fingerprint density at radius 1 is 1.29 bits per heavy atom. The van der Waals surface area contributed by atoms with Crippen LogP contribution in [0.25, 0.3) is 0 Å². The summed E-state index contributed by atoms with van der Waals surface area (Å²) < 4.78 is 5.64. The normalized spacial score (nSPS) is 14.2. The lowest BCUT2D eigenvalue weighted by atomic mass is 10.2. The number of anilines is 1. The lowest BCUT2D eigenvalue weighted by molar-refractivity contribution is -0.384. The van der Waals surface area contributed by atoms with Crippen LogP contribution >= 0.6 is 0 Å². The Morgan fingerprint density at radius 2 is 2.08 bits per heavy atom. The number of hydrogen-bond donors (Lipinski definition) is 1. The monoisotopic (exact) mass is 328 g/mol. The van der Waals surface area contributed by atoms with Gasteiger partial charge >= 0.3 is 0 Å². The smallest absolute Gasteiger partial charge is 0.271 e. The van der Waals surface area contributed by atoms with Crippen LogP contribution in [0.4, 0.5) is 11.6 Å². The van der Waals surface area contributed by atoms with Gasteiger partial charge in [0.05, 0.1) is 11.1 Å². The van der Waals surface area contributed by atoms with Crippen LogP contribution in [-0.4, -0.2) is 30.1 Å². The minimum Gasteiger partial charge on any atom is -0.440 e. The van der Waals surface area contributed by atoms with Crippen molar-refractivity contribution in [1.82, 2.24) is 5.43 Å². The summed E-state index contributed by atoms with van der Waals surface area (Å²) in [6, 6.07) is 9.10. The highest BCUT2D eigenvalue weighted by Crippen LogP contribution is 2.22. The second kappa shape index (κ2) is 6.95. The van der Waals surface area contributed by atoms with E-state index in [0.29, 0.717) is 5.76 Å². The number of carbonyl (C=O) groups is 1. The second-order valence-corrected chi connectivity index (χ2v) is 5.38. The lowest BCUT2D eigenvalue weighted by Gasteiger charge is -2.12. The van der Waals surface area contributed by atoms with Crippen molar-refractivity contribution in [3.8, 4) is 0 Å². The number of carbonyl (C=O) groups excluding carboxylic acids is 1. The summed E-state index contributed by atoms with van der Waals surface area (Å²) in [5, 5.41) is 14.5. The average Bonchev–Trinajstić information content (AvgIpc) is 3.26. The molecule has 1 amide bonds. The number of nitrogens with one attached hydrogen (secondary N) is 1. The molecule has 8 nitrogen and oxygen atoms in total. The van der Waals surface area contributed by atoms with Crippen molar-refractivity contribution >= 4 is 23.7 Å². The quantitative estimate of drug-likeness (QED) is 0.516.